The van der Waals surface area contributed by atoms with E-state index in [2.05, 4.69) is 0 Å². The number of amides is 1. The fraction of sp³-hybridized carbons (Fsp3) is 0.826. The van der Waals surface area contributed by atoms with Crippen LogP contribution in [0.1, 0.15) is 68.7 Å². The molecule has 0 radical (unpaired) electrons. The maximum absolute atomic E-state index is 16.5. The van der Waals surface area contributed by atoms with E-state index < -0.39 is 53.7 Å². The topological polar surface area (TPSA) is 106 Å². The fourth-order valence-corrected chi connectivity index (χ4v) is 14.8. The van der Waals surface area contributed by atoms with Gasteiger partial charge >= 0.3 is 17.1 Å². The van der Waals surface area contributed by atoms with Crippen molar-refractivity contribution in [2.45, 2.75) is 115 Å². The molecule has 1 saturated heterocycles. The third kappa shape index (κ3) is 5.25. The summed E-state index contributed by atoms with van der Waals surface area (Å²) < 4.78 is 35.6. The minimum absolute atomic E-state index is 0.118. The van der Waals surface area contributed by atoms with Crippen LogP contribution < -0.4 is 0 Å². The second-order valence-electron chi connectivity index (χ2n) is 10.9. The molecule has 1 amide bonds. The molecule has 4 atom stereocenters. The number of carbonyl (C=O) groups is 2. The van der Waals surface area contributed by atoms with Crippen molar-refractivity contribution >= 4 is 28.8 Å². The molecule has 0 unspecified atom stereocenters. The molecular formula is C23H42FNO7Si2. The first-order valence-corrected chi connectivity index (χ1v) is 16.1. The van der Waals surface area contributed by atoms with Crippen LogP contribution in [0.3, 0.4) is 0 Å². The Bertz CT molecular complexity index is 771. The van der Waals surface area contributed by atoms with Crippen molar-refractivity contribution < 1.29 is 37.2 Å². The highest BCUT2D eigenvalue weighted by atomic mass is 28.5. The van der Waals surface area contributed by atoms with Gasteiger partial charge in [-0.3, -0.25) is 14.5 Å². The minimum atomic E-state index is -3.33. The number of aliphatic hydroxyl groups is 1. The Labute approximate surface area is 204 Å². The summed E-state index contributed by atoms with van der Waals surface area (Å²) in [4.78, 5) is 36.8. The van der Waals surface area contributed by atoms with Gasteiger partial charge in [-0.2, -0.15) is 0 Å². The smallest absolute Gasteiger partial charge is 0.335 e. The normalized spacial score (nSPS) is 28.9. The van der Waals surface area contributed by atoms with E-state index in [1.807, 2.05) is 55.4 Å². The largest absolute Gasteiger partial charge is 0.414 e. The molecule has 34 heavy (non-hydrogen) atoms. The van der Waals surface area contributed by atoms with Gasteiger partial charge in [0.25, 0.3) is 0 Å². The van der Waals surface area contributed by atoms with Gasteiger partial charge in [-0.05, 0) is 35.2 Å². The average molecular weight is 520 g/mol. The molecule has 2 N–H and O–H groups in total. The van der Waals surface area contributed by atoms with Gasteiger partial charge in [-0.1, -0.05) is 55.4 Å². The van der Waals surface area contributed by atoms with Crippen LogP contribution in [-0.2, 0) is 22.9 Å². The number of hydrogen-bond donors (Lipinski definition) is 2. The van der Waals surface area contributed by atoms with Gasteiger partial charge in [-0.25, -0.2) is 4.39 Å². The summed E-state index contributed by atoms with van der Waals surface area (Å²) in [5.41, 5.74) is -2.74. The minimum Gasteiger partial charge on any atom is -0.414 e. The molecule has 0 aliphatic carbocycles. The van der Waals surface area contributed by atoms with Crippen LogP contribution in [0.25, 0.3) is 0 Å². The molecule has 0 saturated carbocycles. The number of nitrogens with zero attached hydrogens (tertiary/aromatic N) is 1. The quantitative estimate of drug-likeness (QED) is 0.335. The predicted molar refractivity (Wildman–Crippen MR) is 131 cm³/mol. The van der Waals surface area contributed by atoms with Crippen LogP contribution in [0, 0.1) is 0 Å². The monoisotopic (exact) mass is 519 g/mol. The molecule has 8 nitrogen and oxygen atoms in total. The number of aliphatic hydroxyl groups excluding tert-OH is 1. The molecule has 0 bridgehead atoms. The number of carbonyl (C=O) groups excluding carboxylic acids is 2. The van der Waals surface area contributed by atoms with Gasteiger partial charge in [0.1, 0.15) is 12.2 Å². The first kappa shape index (κ1) is 29.3. The summed E-state index contributed by atoms with van der Waals surface area (Å²) in [5.74, 6) is -0.940. The highest BCUT2D eigenvalue weighted by molar-refractivity contribution is 6.83. The number of ketones is 1. The molecule has 0 aromatic heterocycles. The summed E-state index contributed by atoms with van der Waals surface area (Å²) >= 11 is 0. The summed E-state index contributed by atoms with van der Waals surface area (Å²) in [7, 11) is -6.61. The highest BCUT2D eigenvalue weighted by Crippen LogP contribution is 2.47. The van der Waals surface area contributed by atoms with Crippen molar-refractivity contribution in [3.63, 3.8) is 0 Å². The lowest BCUT2D eigenvalue weighted by Crippen LogP contribution is -2.63. The zero-order valence-electron chi connectivity index (χ0n) is 21.9. The second-order valence-corrected chi connectivity index (χ2v) is 19.5. The standard InChI is InChI=1S/C23H42FNO7Si2/c1-14(2)33(29,15(3)4)32-34(16(5)6,17(7)8)31-21-19(13-26)30-22(23(21,9)24)25-11-10-18(27)12-20(25)28/h10-11,14-17,19,21-22,26,29H,12-13H2,1-9H3/t19-,21-,22-,23-/m1/s1. The van der Waals surface area contributed by atoms with Crippen molar-refractivity contribution in [3.05, 3.63) is 12.3 Å². The van der Waals surface area contributed by atoms with E-state index in [1.54, 1.807) is 0 Å². The van der Waals surface area contributed by atoms with Gasteiger partial charge in [-0.15, -0.1) is 0 Å². The lowest BCUT2D eigenvalue weighted by atomic mass is 9.97. The third-order valence-electron chi connectivity index (χ3n) is 7.05. The van der Waals surface area contributed by atoms with Gasteiger partial charge in [0.15, 0.2) is 17.7 Å². The first-order valence-electron chi connectivity index (χ1n) is 12.1. The highest BCUT2D eigenvalue weighted by Gasteiger charge is 2.63. The Balaban J connectivity index is 2.51. The average Bonchev–Trinajstić information content (AvgIpc) is 2.96. The van der Waals surface area contributed by atoms with Crippen LogP contribution in [0.15, 0.2) is 12.3 Å². The molecular weight excluding hydrogens is 477 g/mol. The van der Waals surface area contributed by atoms with Crippen molar-refractivity contribution in [2.75, 3.05) is 6.61 Å². The summed E-state index contributed by atoms with van der Waals surface area (Å²) in [5, 5.41) is 10.1. The first-order chi connectivity index (χ1) is 15.5. The predicted octanol–water partition coefficient (Wildman–Crippen LogP) is 3.67. The van der Waals surface area contributed by atoms with Gasteiger partial charge in [0, 0.05) is 6.20 Å². The lowest BCUT2D eigenvalue weighted by molar-refractivity contribution is -0.150. The van der Waals surface area contributed by atoms with E-state index in [9.17, 15) is 19.5 Å². The second kappa shape index (κ2) is 10.6. The van der Waals surface area contributed by atoms with Crippen molar-refractivity contribution in [2.24, 2.45) is 0 Å². The van der Waals surface area contributed by atoms with E-state index in [-0.39, 0.29) is 34.4 Å². The summed E-state index contributed by atoms with van der Waals surface area (Å²) in [6.07, 6.45) is -1.60. The van der Waals surface area contributed by atoms with E-state index in [1.165, 1.54) is 19.2 Å². The number of halogens is 1. The maximum Gasteiger partial charge on any atom is 0.335 e. The molecule has 0 spiro atoms. The van der Waals surface area contributed by atoms with E-state index in [0.717, 1.165) is 4.90 Å². The number of rotatable bonds is 10. The summed E-state index contributed by atoms with van der Waals surface area (Å²) in [6.45, 7) is 16.2. The zero-order valence-corrected chi connectivity index (χ0v) is 23.9. The SMILES string of the molecule is CC(C)[Si](O)(O[Si](O[C@@H]1[C@@H](CO)O[C@@H](N2C=CC(=O)CC2=O)[C@]1(C)F)(C(C)C)C(C)C)C(C)C. The van der Waals surface area contributed by atoms with Crippen molar-refractivity contribution in [3.8, 4) is 0 Å². The van der Waals surface area contributed by atoms with Crippen LogP contribution in [0.5, 0.6) is 0 Å². The zero-order chi connectivity index (χ0) is 26.2. The Kier molecular flexibility index (Phi) is 9.10. The van der Waals surface area contributed by atoms with Gasteiger partial charge < -0.3 is 23.2 Å². The number of alkyl halides is 1. The Morgan fingerprint density at radius 2 is 1.65 bits per heavy atom. The van der Waals surface area contributed by atoms with Crippen LogP contribution >= 0.6 is 0 Å². The Morgan fingerprint density at radius 3 is 2.06 bits per heavy atom. The molecule has 0 aromatic rings. The third-order valence-corrected chi connectivity index (χ3v) is 16.8. The van der Waals surface area contributed by atoms with Crippen LogP contribution in [0.2, 0.25) is 22.2 Å². The molecule has 11 heteroatoms. The van der Waals surface area contributed by atoms with Crippen molar-refractivity contribution in [1.29, 1.82) is 0 Å². The summed E-state index contributed by atoms with van der Waals surface area (Å²) in [6, 6.07) is 0. The molecule has 2 rings (SSSR count). The van der Waals surface area contributed by atoms with E-state index in [4.69, 9.17) is 13.3 Å². The van der Waals surface area contributed by atoms with Gasteiger partial charge in [0.2, 0.25) is 5.91 Å². The van der Waals surface area contributed by atoms with Gasteiger partial charge in [0.05, 0.1) is 13.0 Å². The Hall–Kier alpha value is -0.956. The van der Waals surface area contributed by atoms with Crippen LogP contribution in [-0.4, -0.2) is 74.3 Å². The molecule has 2 aliphatic heterocycles. The molecule has 196 valence electrons. The molecule has 2 heterocycles. The van der Waals surface area contributed by atoms with E-state index in [0.29, 0.717) is 0 Å². The fourth-order valence-electron chi connectivity index (χ4n) is 4.85. The van der Waals surface area contributed by atoms with Crippen LogP contribution in [0.4, 0.5) is 4.39 Å². The number of ether oxygens (including phenoxy) is 1. The number of hydrogen-bond acceptors (Lipinski definition) is 7. The van der Waals surface area contributed by atoms with E-state index >= 15 is 4.39 Å². The molecule has 1 fully saturated rings. The lowest BCUT2D eigenvalue weighted by Gasteiger charge is -2.48. The van der Waals surface area contributed by atoms with Crippen molar-refractivity contribution in [1.82, 2.24) is 4.90 Å². The number of allylic oxidation sites excluding steroid dienone is 1. The molecule has 2 aliphatic rings. The Morgan fingerprint density at radius 1 is 1.12 bits per heavy atom. The maximum atomic E-state index is 16.5. The molecule has 0 aromatic carbocycles.